The van der Waals surface area contributed by atoms with Gasteiger partial charge in [-0.25, -0.2) is 9.78 Å². The van der Waals surface area contributed by atoms with Crippen molar-refractivity contribution in [1.82, 2.24) is 14.8 Å². The van der Waals surface area contributed by atoms with Gasteiger partial charge in [0.05, 0.1) is 10.2 Å². The van der Waals surface area contributed by atoms with Crippen LogP contribution in [0.2, 0.25) is 0 Å². The molecule has 162 valence electrons. The zero-order chi connectivity index (χ0) is 21.6. The SMILES string of the molecule is CC(C)(C)OC(=O)N1CCN(C2CN(c3cc(F)nc(C(F)(F)F)c3Br)C2)CC1. The maximum Gasteiger partial charge on any atom is 0.434 e. The zero-order valence-electron chi connectivity index (χ0n) is 16.4. The number of hydrogen-bond acceptors (Lipinski definition) is 5. The molecule has 2 saturated heterocycles. The fourth-order valence-corrected chi connectivity index (χ4v) is 4.06. The smallest absolute Gasteiger partial charge is 0.434 e. The first-order chi connectivity index (χ1) is 13.3. The minimum absolute atomic E-state index is 0.133. The fourth-order valence-electron chi connectivity index (χ4n) is 3.38. The van der Waals surface area contributed by atoms with Crippen LogP contribution in [0.4, 0.5) is 28.0 Å². The van der Waals surface area contributed by atoms with Crippen LogP contribution in [0.3, 0.4) is 0 Å². The van der Waals surface area contributed by atoms with Crippen molar-refractivity contribution in [2.75, 3.05) is 44.2 Å². The van der Waals surface area contributed by atoms with Crippen molar-refractivity contribution in [3.8, 4) is 0 Å². The lowest BCUT2D eigenvalue weighted by Gasteiger charge is -2.49. The molecule has 2 aliphatic heterocycles. The van der Waals surface area contributed by atoms with Crippen LogP contribution >= 0.6 is 15.9 Å². The van der Waals surface area contributed by atoms with Gasteiger partial charge in [0.2, 0.25) is 5.95 Å². The number of amides is 1. The third-order valence-corrected chi connectivity index (χ3v) is 5.64. The summed E-state index contributed by atoms with van der Waals surface area (Å²) in [5.74, 6) is -1.16. The van der Waals surface area contributed by atoms with Crippen LogP contribution in [0.25, 0.3) is 0 Å². The molecule has 2 fully saturated rings. The Morgan fingerprint density at radius 1 is 1.17 bits per heavy atom. The Bertz CT molecular complexity index is 770. The first-order valence-corrected chi connectivity index (χ1v) is 10.0. The summed E-state index contributed by atoms with van der Waals surface area (Å²) in [7, 11) is 0. The Hall–Kier alpha value is -1.62. The highest BCUT2D eigenvalue weighted by Gasteiger charge is 2.40. The van der Waals surface area contributed by atoms with Crippen molar-refractivity contribution in [3.63, 3.8) is 0 Å². The average Bonchev–Trinajstić information content (AvgIpc) is 2.54. The molecule has 2 aliphatic rings. The number of carbonyl (C=O) groups is 1. The van der Waals surface area contributed by atoms with Crippen LogP contribution in [-0.2, 0) is 10.9 Å². The van der Waals surface area contributed by atoms with Crippen LogP contribution in [0.5, 0.6) is 0 Å². The van der Waals surface area contributed by atoms with Gasteiger partial charge >= 0.3 is 12.3 Å². The topological polar surface area (TPSA) is 48.9 Å². The van der Waals surface area contributed by atoms with Gasteiger partial charge in [0, 0.05) is 51.4 Å². The summed E-state index contributed by atoms with van der Waals surface area (Å²) in [6, 6.07) is 1.14. The highest BCUT2D eigenvalue weighted by atomic mass is 79.9. The molecule has 0 aliphatic carbocycles. The van der Waals surface area contributed by atoms with Gasteiger partial charge in [-0.05, 0) is 36.7 Å². The zero-order valence-corrected chi connectivity index (χ0v) is 18.0. The van der Waals surface area contributed by atoms with Crippen molar-refractivity contribution < 1.29 is 27.1 Å². The maximum atomic E-state index is 13.6. The summed E-state index contributed by atoms with van der Waals surface area (Å²) in [6.45, 7) is 8.75. The van der Waals surface area contributed by atoms with E-state index in [-0.39, 0.29) is 22.3 Å². The van der Waals surface area contributed by atoms with E-state index in [9.17, 15) is 22.4 Å². The number of nitrogens with zero attached hydrogens (tertiary/aromatic N) is 4. The van der Waals surface area contributed by atoms with Crippen molar-refractivity contribution >= 4 is 27.7 Å². The summed E-state index contributed by atoms with van der Waals surface area (Å²) in [6.07, 6.45) is -5.08. The summed E-state index contributed by atoms with van der Waals surface area (Å²) < 4.78 is 57.9. The number of alkyl halides is 3. The van der Waals surface area contributed by atoms with Gasteiger partial charge in [0.1, 0.15) is 5.60 Å². The van der Waals surface area contributed by atoms with Gasteiger partial charge in [0.25, 0.3) is 0 Å². The number of aromatic nitrogens is 1. The van der Waals surface area contributed by atoms with Crippen LogP contribution in [0.1, 0.15) is 26.5 Å². The van der Waals surface area contributed by atoms with Gasteiger partial charge in [-0.15, -0.1) is 0 Å². The molecule has 0 aromatic carbocycles. The average molecular weight is 483 g/mol. The second kappa shape index (κ2) is 7.90. The summed E-state index contributed by atoms with van der Waals surface area (Å²) in [5.41, 5.74) is -1.67. The van der Waals surface area contributed by atoms with Gasteiger partial charge in [0.15, 0.2) is 5.69 Å². The number of hydrogen-bond donors (Lipinski definition) is 0. The van der Waals surface area contributed by atoms with Crippen LogP contribution < -0.4 is 4.90 Å². The minimum Gasteiger partial charge on any atom is -0.444 e. The van der Waals surface area contributed by atoms with Gasteiger partial charge in [-0.2, -0.15) is 17.6 Å². The molecule has 0 atom stereocenters. The monoisotopic (exact) mass is 482 g/mol. The molecule has 1 aromatic rings. The highest BCUT2D eigenvalue weighted by Crippen LogP contribution is 2.40. The van der Waals surface area contributed by atoms with E-state index in [1.165, 1.54) is 0 Å². The molecule has 1 amide bonds. The molecule has 0 unspecified atom stereocenters. The number of pyridine rings is 1. The number of ether oxygens (including phenoxy) is 1. The Kier molecular flexibility index (Phi) is 6.01. The second-order valence-electron chi connectivity index (χ2n) is 8.19. The molecule has 0 N–H and O–H groups in total. The molecule has 1 aromatic heterocycles. The van der Waals surface area contributed by atoms with Crippen molar-refractivity contribution in [1.29, 1.82) is 0 Å². The summed E-state index contributed by atoms with van der Waals surface area (Å²) in [4.78, 5) is 20.6. The largest absolute Gasteiger partial charge is 0.444 e. The quantitative estimate of drug-likeness (QED) is 0.474. The maximum absolute atomic E-state index is 13.6. The third-order valence-electron chi connectivity index (χ3n) is 4.86. The van der Waals surface area contributed by atoms with Crippen molar-refractivity contribution in [3.05, 3.63) is 22.2 Å². The van der Waals surface area contributed by atoms with Gasteiger partial charge in [-0.3, -0.25) is 4.90 Å². The molecule has 0 saturated carbocycles. The first kappa shape index (κ1) is 22.1. The number of piperazine rings is 1. The van der Waals surface area contributed by atoms with E-state index in [4.69, 9.17) is 4.74 Å². The molecule has 29 heavy (non-hydrogen) atoms. The molecule has 0 bridgehead atoms. The predicted octanol–water partition coefficient (Wildman–Crippen LogP) is 3.74. The highest BCUT2D eigenvalue weighted by molar-refractivity contribution is 9.10. The summed E-state index contributed by atoms with van der Waals surface area (Å²) >= 11 is 2.93. The number of rotatable bonds is 2. The second-order valence-corrected chi connectivity index (χ2v) is 8.98. The van der Waals surface area contributed by atoms with E-state index in [0.717, 1.165) is 6.07 Å². The van der Waals surface area contributed by atoms with Crippen LogP contribution in [0, 0.1) is 5.95 Å². The molecular weight excluding hydrogens is 460 g/mol. The van der Waals surface area contributed by atoms with Gasteiger partial charge < -0.3 is 14.5 Å². The molecule has 3 heterocycles. The molecule has 11 heteroatoms. The van der Waals surface area contributed by atoms with Crippen LogP contribution in [-0.4, -0.2) is 71.8 Å². The lowest BCUT2D eigenvalue weighted by Crippen LogP contribution is -2.63. The lowest BCUT2D eigenvalue weighted by molar-refractivity contribution is -0.142. The fraction of sp³-hybridized carbons (Fsp3) is 0.667. The number of anilines is 1. The molecule has 0 radical (unpaired) electrons. The van der Waals surface area contributed by atoms with E-state index >= 15 is 0 Å². The van der Waals surface area contributed by atoms with E-state index in [1.807, 2.05) is 20.8 Å². The Balaban J connectivity index is 1.56. The van der Waals surface area contributed by atoms with E-state index < -0.39 is 23.4 Å². The molecule has 0 spiro atoms. The number of halogens is 5. The van der Waals surface area contributed by atoms with Crippen LogP contribution in [0.15, 0.2) is 10.5 Å². The van der Waals surface area contributed by atoms with E-state index in [0.29, 0.717) is 39.3 Å². The summed E-state index contributed by atoms with van der Waals surface area (Å²) in [5, 5.41) is 0. The molecule has 3 rings (SSSR count). The van der Waals surface area contributed by atoms with Gasteiger partial charge in [-0.1, -0.05) is 0 Å². The van der Waals surface area contributed by atoms with Crippen molar-refractivity contribution in [2.45, 2.75) is 38.6 Å². The van der Waals surface area contributed by atoms with E-state index in [1.54, 1.807) is 9.80 Å². The number of carbonyl (C=O) groups excluding carboxylic acids is 1. The Morgan fingerprint density at radius 2 is 1.76 bits per heavy atom. The predicted molar refractivity (Wildman–Crippen MR) is 102 cm³/mol. The Morgan fingerprint density at radius 3 is 2.28 bits per heavy atom. The van der Waals surface area contributed by atoms with Crippen molar-refractivity contribution in [2.24, 2.45) is 0 Å². The first-order valence-electron chi connectivity index (χ1n) is 9.25. The third kappa shape index (κ3) is 5.11. The minimum atomic E-state index is -4.74. The standard InChI is InChI=1S/C18H23BrF4N4O2/c1-17(2,3)29-16(28)26-6-4-25(5-7-26)11-9-27(10-11)12-8-13(20)24-15(14(12)19)18(21,22)23/h8,11H,4-7,9-10H2,1-3H3. The lowest BCUT2D eigenvalue weighted by atomic mass is 10.0. The van der Waals surface area contributed by atoms with E-state index in [2.05, 4.69) is 25.8 Å². The molecular formula is C18H23BrF4N4O2. The Labute approximate surface area is 174 Å². The molecule has 6 nitrogen and oxygen atoms in total. The normalized spacial score (nSPS) is 19.3.